The lowest BCUT2D eigenvalue weighted by molar-refractivity contribution is -0.137. The summed E-state index contributed by atoms with van der Waals surface area (Å²) >= 11 is 6.06. The number of benzene rings is 3. The molecule has 3 atom stereocenters. The van der Waals surface area contributed by atoms with Gasteiger partial charge in [-0.3, -0.25) is 14.4 Å². The van der Waals surface area contributed by atoms with Crippen molar-refractivity contribution in [3.05, 3.63) is 82.9 Å². The van der Waals surface area contributed by atoms with Gasteiger partial charge in [-0.2, -0.15) is 0 Å². The SMILES string of the molecule is CCC(CN1CCC(CNC(=O)c2ccc3cc(Cl)ccc3c2)NC(CCC(=O)O)C1=O)c1ccccc1. The van der Waals surface area contributed by atoms with Crippen LogP contribution in [0.15, 0.2) is 66.7 Å². The van der Waals surface area contributed by atoms with E-state index in [1.165, 1.54) is 5.56 Å². The molecule has 2 amide bonds. The first-order valence-electron chi connectivity index (χ1n) is 13.1. The monoisotopic (exact) mass is 535 g/mol. The lowest BCUT2D eigenvalue weighted by Gasteiger charge is -2.28. The zero-order valence-electron chi connectivity index (χ0n) is 21.5. The highest BCUT2D eigenvalue weighted by Gasteiger charge is 2.32. The summed E-state index contributed by atoms with van der Waals surface area (Å²) in [4.78, 5) is 39.5. The van der Waals surface area contributed by atoms with Gasteiger partial charge >= 0.3 is 5.97 Å². The molecule has 3 aromatic rings. The zero-order chi connectivity index (χ0) is 27.1. The number of hydrogen-bond acceptors (Lipinski definition) is 4. The predicted molar refractivity (Wildman–Crippen MR) is 150 cm³/mol. The molecular formula is C30H34ClN3O4. The topological polar surface area (TPSA) is 98.7 Å². The maximum Gasteiger partial charge on any atom is 0.303 e. The molecule has 3 aromatic carbocycles. The Hall–Kier alpha value is -3.42. The van der Waals surface area contributed by atoms with Gasteiger partial charge in [0.1, 0.15) is 0 Å². The van der Waals surface area contributed by atoms with Crippen LogP contribution >= 0.6 is 11.6 Å². The van der Waals surface area contributed by atoms with Gasteiger partial charge in [0.05, 0.1) is 6.04 Å². The Morgan fingerprint density at radius 3 is 2.58 bits per heavy atom. The van der Waals surface area contributed by atoms with Crippen molar-refractivity contribution in [1.82, 2.24) is 15.5 Å². The Labute approximate surface area is 228 Å². The molecule has 0 aliphatic carbocycles. The van der Waals surface area contributed by atoms with Crippen molar-refractivity contribution < 1.29 is 19.5 Å². The molecule has 0 bridgehead atoms. The molecule has 0 spiro atoms. The second-order valence-corrected chi connectivity index (χ2v) is 10.3. The van der Waals surface area contributed by atoms with E-state index in [4.69, 9.17) is 11.6 Å². The molecule has 1 saturated heterocycles. The molecular weight excluding hydrogens is 502 g/mol. The van der Waals surface area contributed by atoms with Gasteiger partial charge in [-0.25, -0.2) is 0 Å². The first-order chi connectivity index (χ1) is 18.3. The van der Waals surface area contributed by atoms with Gasteiger partial charge in [-0.1, -0.05) is 61.0 Å². The Morgan fingerprint density at radius 2 is 1.84 bits per heavy atom. The summed E-state index contributed by atoms with van der Waals surface area (Å²) in [6.45, 7) is 3.55. The Bertz CT molecular complexity index is 1280. The normalized spacial score (nSPS) is 18.7. The van der Waals surface area contributed by atoms with E-state index < -0.39 is 12.0 Å². The quantitative estimate of drug-likeness (QED) is 0.345. The van der Waals surface area contributed by atoms with Crippen LogP contribution in [0.2, 0.25) is 5.02 Å². The number of carbonyl (C=O) groups excluding carboxylic acids is 2. The summed E-state index contributed by atoms with van der Waals surface area (Å²) in [5.74, 6) is -1.02. The number of carboxylic acid groups (broad SMARTS) is 1. The van der Waals surface area contributed by atoms with Crippen LogP contribution in [0.4, 0.5) is 0 Å². The average molecular weight is 536 g/mol. The maximum absolute atomic E-state index is 13.5. The van der Waals surface area contributed by atoms with Gasteiger partial charge in [0.2, 0.25) is 5.91 Å². The minimum atomic E-state index is -0.937. The van der Waals surface area contributed by atoms with E-state index in [0.29, 0.717) is 36.6 Å². The summed E-state index contributed by atoms with van der Waals surface area (Å²) < 4.78 is 0. The molecule has 3 unspecified atom stereocenters. The van der Waals surface area contributed by atoms with Gasteiger partial charge in [-0.15, -0.1) is 0 Å². The molecule has 1 aliphatic rings. The Kier molecular flexibility index (Phi) is 9.37. The van der Waals surface area contributed by atoms with Crippen molar-refractivity contribution in [3.63, 3.8) is 0 Å². The number of hydrogen-bond donors (Lipinski definition) is 3. The number of carbonyl (C=O) groups is 3. The molecule has 7 nitrogen and oxygen atoms in total. The predicted octanol–water partition coefficient (Wildman–Crippen LogP) is 4.84. The van der Waals surface area contributed by atoms with Crippen LogP contribution in [0.25, 0.3) is 10.8 Å². The van der Waals surface area contributed by atoms with Crippen LogP contribution in [-0.2, 0) is 9.59 Å². The van der Waals surface area contributed by atoms with E-state index in [1.54, 1.807) is 12.1 Å². The van der Waals surface area contributed by atoms with Crippen molar-refractivity contribution >= 4 is 40.2 Å². The van der Waals surface area contributed by atoms with Gasteiger partial charge in [0, 0.05) is 48.6 Å². The van der Waals surface area contributed by atoms with Gasteiger partial charge in [0.25, 0.3) is 5.91 Å². The van der Waals surface area contributed by atoms with Crippen LogP contribution in [0.1, 0.15) is 54.4 Å². The Morgan fingerprint density at radius 1 is 1.11 bits per heavy atom. The third-order valence-electron chi connectivity index (χ3n) is 7.22. The summed E-state index contributed by atoms with van der Waals surface area (Å²) in [5.41, 5.74) is 1.73. The van der Waals surface area contributed by atoms with Gasteiger partial charge in [0.15, 0.2) is 0 Å². The van der Waals surface area contributed by atoms with Crippen LogP contribution in [0.3, 0.4) is 0 Å². The molecule has 0 saturated carbocycles. The maximum atomic E-state index is 13.5. The molecule has 3 N–H and O–H groups in total. The second kappa shape index (κ2) is 12.9. The third kappa shape index (κ3) is 7.11. The molecule has 0 radical (unpaired) electrons. The van der Waals surface area contributed by atoms with E-state index in [0.717, 1.165) is 17.2 Å². The smallest absolute Gasteiger partial charge is 0.303 e. The number of rotatable bonds is 10. The third-order valence-corrected chi connectivity index (χ3v) is 7.45. The van der Waals surface area contributed by atoms with Crippen LogP contribution in [0.5, 0.6) is 0 Å². The number of halogens is 1. The summed E-state index contributed by atoms with van der Waals surface area (Å²) in [7, 11) is 0. The fourth-order valence-electron chi connectivity index (χ4n) is 5.04. The fraction of sp³-hybridized carbons (Fsp3) is 0.367. The average Bonchev–Trinajstić information content (AvgIpc) is 3.07. The van der Waals surface area contributed by atoms with Gasteiger partial charge < -0.3 is 20.6 Å². The van der Waals surface area contributed by atoms with E-state index in [9.17, 15) is 19.5 Å². The van der Waals surface area contributed by atoms with E-state index in [1.807, 2.05) is 47.4 Å². The van der Waals surface area contributed by atoms with Crippen molar-refractivity contribution in [2.45, 2.75) is 50.6 Å². The minimum Gasteiger partial charge on any atom is -0.481 e. The molecule has 8 heteroatoms. The van der Waals surface area contributed by atoms with Crippen molar-refractivity contribution in [2.75, 3.05) is 19.6 Å². The zero-order valence-corrected chi connectivity index (χ0v) is 22.3. The van der Waals surface area contributed by atoms with Crippen LogP contribution in [0, 0.1) is 0 Å². The summed E-state index contributed by atoms with van der Waals surface area (Å²) in [5, 5.41) is 18.1. The minimum absolute atomic E-state index is 0.0809. The fourth-order valence-corrected chi connectivity index (χ4v) is 5.22. The first kappa shape index (κ1) is 27.6. The number of carboxylic acids is 1. The number of nitrogens with one attached hydrogen (secondary N) is 2. The first-order valence-corrected chi connectivity index (χ1v) is 13.5. The standard InChI is InChI=1S/C30H34ClN3O4/c1-2-20(21-6-4-3-5-7-21)19-34-15-14-26(33-27(30(34)38)12-13-28(35)36)18-32-29(37)24-9-8-23-17-25(31)11-10-22(23)16-24/h3-11,16-17,20,26-27,33H,2,12-15,18-19H2,1H3,(H,32,37)(H,35,36). The molecule has 38 heavy (non-hydrogen) atoms. The number of aliphatic carboxylic acids is 1. The summed E-state index contributed by atoms with van der Waals surface area (Å²) in [6.07, 6.45) is 1.63. The molecule has 1 aliphatic heterocycles. The van der Waals surface area contributed by atoms with Crippen LogP contribution < -0.4 is 10.6 Å². The second-order valence-electron chi connectivity index (χ2n) is 9.85. The molecule has 200 valence electrons. The van der Waals surface area contributed by atoms with Crippen molar-refractivity contribution in [2.24, 2.45) is 0 Å². The Balaban J connectivity index is 1.43. The molecule has 1 heterocycles. The van der Waals surface area contributed by atoms with E-state index in [-0.39, 0.29) is 36.6 Å². The highest BCUT2D eigenvalue weighted by Crippen LogP contribution is 2.23. The van der Waals surface area contributed by atoms with Crippen molar-refractivity contribution in [3.8, 4) is 0 Å². The van der Waals surface area contributed by atoms with Crippen molar-refractivity contribution in [1.29, 1.82) is 0 Å². The van der Waals surface area contributed by atoms with Crippen LogP contribution in [-0.4, -0.2) is 59.5 Å². The lowest BCUT2D eigenvalue weighted by Crippen LogP contribution is -2.49. The number of nitrogens with zero attached hydrogens (tertiary/aromatic N) is 1. The highest BCUT2D eigenvalue weighted by atomic mass is 35.5. The largest absolute Gasteiger partial charge is 0.481 e. The van der Waals surface area contributed by atoms with E-state index in [2.05, 4.69) is 29.7 Å². The number of amides is 2. The van der Waals surface area contributed by atoms with Gasteiger partial charge in [-0.05, 0) is 59.9 Å². The lowest BCUT2D eigenvalue weighted by atomic mass is 9.95. The highest BCUT2D eigenvalue weighted by molar-refractivity contribution is 6.31. The number of fused-ring (bicyclic) bond motifs is 1. The van der Waals surface area contributed by atoms with E-state index >= 15 is 0 Å². The molecule has 1 fully saturated rings. The molecule has 0 aromatic heterocycles. The molecule has 4 rings (SSSR count). The summed E-state index contributed by atoms with van der Waals surface area (Å²) in [6, 6.07) is 20.4.